The molecule has 1 aromatic carbocycles. The smallest absolute Gasteiger partial charge is 0.262 e. The summed E-state index contributed by atoms with van der Waals surface area (Å²) in [7, 11) is 1.58. The minimum Gasteiger partial charge on any atom is -0.506 e. The number of likely N-dealkylation sites (N-methyl/N-ethyl adjacent to an activating group) is 1. The summed E-state index contributed by atoms with van der Waals surface area (Å²) in [4.78, 5) is 26.2. The number of benzene rings is 1. The Bertz CT molecular complexity index is 868. The lowest BCUT2D eigenvalue weighted by molar-refractivity contribution is -0.112. The van der Waals surface area contributed by atoms with E-state index in [1.165, 1.54) is 11.1 Å². The zero-order valence-corrected chi connectivity index (χ0v) is 17.8. The van der Waals surface area contributed by atoms with Gasteiger partial charge in [0.05, 0.1) is 15.2 Å². The highest BCUT2D eigenvalue weighted by molar-refractivity contribution is 9.11. The van der Waals surface area contributed by atoms with Crippen molar-refractivity contribution in [1.29, 1.82) is 0 Å². The zero-order chi connectivity index (χ0) is 19.6. The second-order valence-electron chi connectivity index (χ2n) is 6.55. The van der Waals surface area contributed by atoms with Crippen LogP contribution in [0.2, 0.25) is 5.02 Å². The SMILES string of the molecule is CN1C=C(Br)C(O)=C(C(=O)Nc2cccc(SC(C)(C)C)c2Cl)C1=C=O. The monoisotopic (exact) mass is 456 g/mol. The third-order valence-corrected chi connectivity index (χ3v) is 5.58. The largest absolute Gasteiger partial charge is 0.506 e. The van der Waals surface area contributed by atoms with Crippen LogP contribution in [-0.2, 0) is 9.59 Å². The van der Waals surface area contributed by atoms with Gasteiger partial charge in [0.15, 0.2) is 5.94 Å². The molecule has 5 nitrogen and oxygen atoms in total. The quantitative estimate of drug-likeness (QED) is 0.500. The maximum Gasteiger partial charge on any atom is 0.262 e. The summed E-state index contributed by atoms with van der Waals surface area (Å²) < 4.78 is 0.231. The number of hydrogen-bond donors (Lipinski definition) is 2. The Balaban J connectivity index is 2.39. The molecule has 0 fully saturated rings. The van der Waals surface area contributed by atoms with Gasteiger partial charge in [-0.05, 0) is 28.1 Å². The maximum atomic E-state index is 12.7. The fourth-order valence-electron chi connectivity index (χ4n) is 2.24. The number of nitrogens with zero attached hydrogens (tertiary/aromatic N) is 1. The van der Waals surface area contributed by atoms with E-state index in [9.17, 15) is 14.7 Å². The number of hydrogen-bond acceptors (Lipinski definition) is 5. The van der Waals surface area contributed by atoms with Crippen molar-refractivity contribution in [1.82, 2.24) is 4.90 Å². The Kier molecular flexibility index (Phi) is 6.29. The summed E-state index contributed by atoms with van der Waals surface area (Å²) in [6.45, 7) is 6.18. The van der Waals surface area contributed by atoms with Crippen LogP contribution in [0.1, 0.15) is 20.8 Å². The van der Waals surface area contributed by atoms with Gasteiger partial charge in [0.1, 0.15) is 17.0 Å². The molecule has 0 bridgehead atoms. The van der Waals surface area contributed by atoms with Gasteiger partial charge in [0.2, 0.25) is 0 Å². The highest BCUT2D eigenvalue weighted by Crippen LogP contribution is 2.40. The summed E-state index contributed by atoms with van der Waals surface area (Å²) >= 11 is 11.2. The topological polar surface area (TPSA) is 69.6 Å². The molecule has 2 rings (SSSR count). The molecular weight excluding hydrogens is 440 g/mol. The first-order chi connectivity index (χ1) is 12.0. The summed E-state index contributed by atoms with van der Waals surface area (Å²) in [6.07, 6.45) is 1.47. The predicted molar refractivity (Wildman–Crippen MR) is 109 cm³/mol. The van der Waals surface area contributed by atoms with Gasteiger partial charge in [-0.2, -0.15) is 0 Å². The van der Waals surface area contributed by atoms with E-state index in [2.05, 4.69) is 42.0 Å². The molecule has 0 spiro atoms. The number of anilines is 1. The molecule has 1 heterocycles. The van der Waals surface area contributed by atoms with Crippen LogP contribution in [0.25, 0.3) is 0 Å². The second-order valence-corrected chi connectivity index (χ2v) is 9.65. The van der Waals surface area contributed by atoms with Crippen molar-refractivity contribution in [2.24, 2.45) is 0 Å². The van der Waals surface area contributed by atoms with Crippen molar-refractivity contribution < 1.29 is 14.7 Å². The van der Waals surface area contributed by atoms with Crippen molar-refractivity contribution in [3.63, 3.8) is 0 Å². The standard InChI is InChI=1S/C18H18BrClN2O3S/c1-18(2,3)26-13-7-5-6-11(15(13)20)21-17(25)14-12(9-23)22(4)8-10(19)16(14)24/h5-8,24H,1-4H3,(H,21,25). The lowest BCUT2D eigenvalue weighted by atomic mass is 10.1. The molecule has 1 aromatic rings. The fourth-order valence-corrected chi connectivity index (χ4v) is 4.04. The number of amides is 1. The van der Waals surface area contributed by atoms with Gasteiger partial charge in [0, 0.05) is 22.9 Å². The highest BCUT2D eigenvalue weighted by Gasteiger charge is 2.29. The van der Waals surface area contributed by atoms with E-state index in [0.29, 0.717) is 10.7 Å². The number of carbonyl (C=O) groups excluding carboxylic acids is 2. The van der Waals surface area contributed by atoms with Gasteiger partial charge < -0.3 is 15.3 Å². The van der Waals surface area contributed by atoms with E-state index in [4.69, 9.17) is 11.6 Å². The van der Waals surface area contributed by atoms with Crippen molar-refractivity contribution >= 4 is 56.8 Å². The van der Waals surface area contributed by atoms with Crippen LogP contribution in [-0.4, -0.2) is 33.6 Å². The number of halogens is 2. The Morgan fingerprint density at radius 2 is 2.04 bits per heavy atom. The molecule has 0 saturated heterocycles. The van der Waals surface area contributed by atoms with E-state index in [1.54, 1.807) is 36.9 Å². The minimum absolute atomic E-state index is 0.0533. The molecule has 26 heavy (non-hydrogen) atoms. The molecule has 0 radical (unpaired) electrons. The van der Waals surface area contributed by atoms with E-state index in [-0.39, 0.29) is 26.3 Å². The number of thioether (sulfide) groups is 1. The Morgan fingerprint density at radius 1 is 1.38 bits per heavy atom. The third-order valence-electron chi connectivity index (χ3n) is 3.31. The van der Waals surface area contributed by atoms with E-state index >= 15 is 0 Å². The van der Waals surface area contributed by atoms with Gasteiger partial charge >= 0.3 is 0 Å². The maximum absolute atomic E-state index is 12.7. The molecule has 0 aliphatic carbocycles. The second kappa shape index (κ2) is 7.92. The van der Waals surface area contributed by atoms with Gasteiger partial charge in [-0.3, -0.25) is 4.79 Å². The number of aliphatic hydroxyl groups is 1. The lowest BCUT2D eigenvalue weighted by Crippen LogP contribution is -2.27. The van der Waals surface area contributed by atoms with Crippen LogP contribution in [0.3, 0.4) is 0 Å². The summed E-state index contributed by atoms with van der Waals surface area (Å²) in [5, 5.41) is 13.3. The first-order valence-corrected chi connectivity index (χ1v) is 9.62. The summed E-state index contributed by atoms with van der Waals surface area (Å²) in [5.41, 5.74) is 0.145. The molecule has 2 N–H and O–H groups in total. The predicted octanol–water partition coefficient (Wildman–Crippen LogP) is 4.88. The molecule has 0 atom stereocenters. The number of allylic oxidation sites excluding steroid dienone is 1. The Morgan fingerprint density at radius 3 is 2.62 bits per heavy atom. The molecule has 8 heteroatoms. The summed E-state index contributed by atoms with van der Waals surface area (Å²) in [5.74, 6) is 0.697. The van der Waals surface area contributed by atoms with Crippen LogP contribution in [0, 0.1) is 0 Å². The Labute approximate surface area is 169 Å². The highest BCUT2D eigenvalue weighted by atomic mass is 79.9. The van der Waals surface area contributed by atoms with Crippen LogP contribution < -0.4 is 5.32 Å². The lowest BCUT2D eigenvalue weighted by Gasteiger charge is -2.24. The molecule has 1 aliphatic heterocycles. The molecule has 1 aliphatic rings. The zero-order valence-electron chi connectivity index (χ0n) is 14.7. The van der Waals surface area contributed by atoms with Gasteiger partial charge in [-0.1, -0.05) is 38.4 Å². The van der Waals surface area contributed by atoms with Gasteiger partial charge in [-0.15, -0.1) is 11.8 Å². The minimum atomic E-state index is -0.655. The van der Waals surface area contributed by atoms with Crippen LogP contribution in [0.15, 0.2) is 50.8 Å². The van der Waals surface area contributed by atoms with Crippen molar-refractivity contribution in [3.05, 3.63) is 50.9 Å². The third kappa shape index (κ3) is 4.54. The average Bonchev–Trinajstić information content (AvgIpc) is 2.53. The Hall–Kier alpha value is -1.66. The van der Waals surface area contributed by atoms with Crippen molar-refractivity contribution in [2.75, 3.05) is 12.4 Å². The fraction of sp³-hybridized carbons (Fsp3) is 0.278. The molecule has 0 unspecified atom stereocenters. The van der Waals surface area contributed by atoms with E-state index in [1.807, 2.05) is 6.07 Å². The first kappa shape index (κ1) is 20.6. The molecule has 0 aromatic heterocycles. The number of carbonyl (C=O) groups is 1. The first-order valence-electron chi connectivity index (χ1n) is 7.63. The molecular formula is C18H18BrClN2O3S. The average molecular weight is 458 g/mol. The van der Waals surface area contributed by atoms with E-state index in [0.717, 1.165) is 4.90 Å². The van der Waals surface area contributed by atoms with Crippen LogP contribution >= 0.6 is 39.3 Å². The number of rotatable bonds is 3. The van der Waals surface area contributed by atoms with Crippen molar-refractivity contribution in [3.8, 4) is 0 Å². The summed E-state index contributed by atoms with van der Waals surface area (Å²) in [6, 6.07) is 5.31. The van der Waals surface area contributed by atoms with Crippen LogP contribution in [0.4, 0.5) is 5.69 Å². The van der Waals surface area contributed by atoms with Gasteiger partial charge in [-0.25, -0.2) is 4.79 Å². The molecule has 138 valence electrons. The molecule has 0 saturated carbocycles. The number of nitrogens with one attached hydrogen (secondary N) is 1. The van der Waals surface area contributed by atoms with Crippen molar-refractivity contribution in [2.45, 2.75) is 30.4 Å². The molecule has 1 amide bonds. The van der Waals surface area contributed by atoms with E-state index < -0.39 is 5.91 Å². The normalized spacial score (nSPS) is 14.9. The van der Waals surface area contributed by atoms with Gasteiger partial charge in [0.25, 0.3) is 5.91 Å². The van der Waals surface area contributed by atoms with Crippen LogP contribution in [0.5, 0.6) is 0 Å². The number of aliphatic hydroxyl groups excluding tert-OH is 1.